The van der Waals surface area contributed by atoms with Crippen LogP contribution >= 0.6 is 22.9 Å². The predicted molar refractivity (Wildman–Crippen MR) is 123 cm³/mol. The predicted octanol–water partition coefficient (Wildman–Crippen LogP) is 3.58. The Labute approximate surface area is 188 Å². The van der Waals surface area contributed by atoms with Crippen molar-refractivity contribution in [2.24, 2.45) is 12.2 Å². The summed E-state index contributed by atoms with van der Waals surface area (Å²) in [6.07, 6.45) is 0.569. The third-order valence-corrected chi connectivity index (χ3v) is 7.19. The van der Waals surface area contributed by atoms with Crippen LogP contribution in [0.25, 0.3) is 21.5 Å². The first kappa shape index (κ1) is 21.5. The molecular weight excluding hydrogens is 456 g/mol. The van der Waals surface area contributed by atoms with Crippen molar-refractivity contribution in [3.8, 4) is 11.3 Å². The van der Waals surface area contributed by atoms with Crippen molar-refractivity contribution in [1.82, 2.24) is 15.1 Å². The van der Waals surface area contributed by atoms with Gasteiger partial charge < -0.3 is 5.32 Å². The molecule has 0 atom stereocenters. The summed E-state index contributed by atoms with van der Waals surface area (Å²) in [7, 11) is -1.86. The summed E-state index contributed by atoms with van der Waals surface area (Å²) in [5.74, 6) is -0.163. The number of benzene rings is 2. The van der Waals surface area contributed by atoms with Gasteiger partial charge in [-0.05, 0) is 42.3 Å². The van der Waals surface area contributed by atoms with Crippen molar-refractivity contribution < 1.29 is 13.2 Å². The number of rotatable bonds is 6. The van der Waals surface area contributed by atoms with E-state index in [0.717, 1.165) is 27.0 Å². The van der Waals surface area contributed by atoms with Crippen LogP contribution in [0.2, 0.25) is 5.02 Å². The highest BCUT2D eigenvalue weighted by Gasteiger charge is 2.18. The van der Waals surface area contributed by atoms with Crippen molar-refractivity contribution in [2.75, 3.05) is 6.54 Å². The molecule has 0 bridgehead atoms. The summed E-state index contributed by atoms with van der Waals surface area (Å²) >= 11 is 7.36. The molecule has 0 aliphatic rings. The smallest absolute Gasteiger partial charge is 0.261 e. The Kier molecular flexibility index (Phi) is 5.85. The number of halogens is 1. The van der Waals surface area contributed by atoms with E-state index in [4.69, 9.17) is 16.7 Å². The number of hydrogen-bond acceptors (Lipinski definition) is 5. The topological polar surface area (TPSA) is 107 Å². The van der Waals surface area contributed by atoms with Gasteiger partial charge in [0.05, 0.1) is 9.77 Å². The molecule has 7 nitrogen and oxygen atoms in total. The Morgan fingerprint density at radius 2 is 1.84 bits per heavy atom. The standard InChI is InChI=1S/C21H19ClN4O3S2/c1-26-21-17(19(25-26)14-4-6-15(22)7-5-14)12-18(30-21)20(27)24-11-10-13-2-8-16(9-3-13)31(23,28)29/h2-9,12H,10-11H2,1H3,(H,24,27)(H2,23,28,29). The van der Waals surface area contributed by atoms with Gasteiger partial charge in [0.2, 0.25) is 10.0 Å². The number of nitrogens with one attached hydrogen (secondary N) is 1. The van der Waals surface area contributed by atoms with Crippen molar-refractivity contribution in [1.29, 1.82) is 0 Å². The lowest BCUT2D eigenvalue weighted by molar-refractivity contribution is 0.0958. The molecule has 0 fully saturated rings. The van der Waals surface area contributed by atoms with Gasteiger partial charge in [0, 0.05) is 29.6 Å². The molecule has 0 saturated carbocycles. The van der Waals surface area contributed by atoms with Gasteiger partial charge in [0.1, 0.15) is 10.5 Å². The molecule has 0 spiro atoms. The minimum Gasteiger partial charge on any atom is -0.351 e. The normalized spacial score (nSPS) is 11.7. The Morgan fingerprint density at radius 3 is 2.48 bits per heavy atom. The third kappa shape index (κ3) is 4.64. The maximum atomic E-state index is 12.6. The Balaban J connectivity index is 1.46. The molecule has 0 radical (unpaired) electrons. The summed E-state index contributed by atoms with van der Waals surface area (Å²) in [6, 6.07) is 15.6. The van der Waals surface area contributed by atoms with E-state index < -0.39 is 10.0 Å². The summed E-state index contributed by atoms with van der Waals surface area (Å²) in [5, 5.41) is 14.2. The van der Waals surface area contributed by atoms with Crippen molar-refractivity contribution in [2.45, 2.75) is 11.3 Å². The second-order valence-corrected chi connectivity index (χ2v) is 10.0. The van der Waals surface area contributed by atoms with Gasteiger partial charge in [-0.15, -0.1) is 11.3 Å². The summed E-state index contributed by atoms with van der Waals surface area (Å²) in [4.78, 5) is 14.2. The molecule has 2 aromatic heterocycles. The van der Waals surface area contributed by atoms with Crippen LogP contribution in [0.3, 0.4) is 0 Å². The number of primary sulfonamides is 1. The first-order valence-corrected chi connectivity index (χ1v) is 12.1. The highest BCUT2D eigenvalue weighted by atomic mass is 35.5. The number of amides is 1. The Hall–Kier alpha value is -2.72. The summed E-state index contributed by atoms with van der Waals surface area (Å²) in [6.45, 7) is 0.421. The van der Waals surface area contributed by atoms with Crippen LogP contribution in [-0.4, -0.2) is 30.7 Å². The minimum atomic E-state index is -3.71. The van der Waals surface area contributed by atoms with Crippen LogP contribution in [0.4, 0.5) is 0 Å². The number of thiophene rings is 1. The largest absolute Gasteiger partial charge is 0.351 e. The van der Waals surface area contributed by atoms with Gasteiger partial charge in [0.15, 0.2) is 0 Å². The number of hydrogen-bond donors (Lipinski definition) is 2. The molecule has 4 aromatic rings. The fourth-order valence-corrected chi connectivity index (χ4v) is 4.86. The monoisotopic (exact) mass is 474 g/mol. The summed E-state index contributed by atoms with van der Waals surface area (Å²) in [5.41, 5.74) is 2.64. The van der Waals surface area contributed by atoms with Crippen LogP contribution in [-0.2, 0) is 23.5 Å². The number of carbonyl (C=O) groups is 1. The number of carbonyl (C=O) groups excluding carboxylic acids is 1. The van der Waals surface area contributed by atoms with E-state index in [2.05, 4.69) is 10.4 Å². The molecule has 0 saturated heterocycles. The fraction of sp³-hybridized carbons (Fsp3) is 0.143. The van der Waals surface area contributed by atoms with E-state index in [0.29, 0.717) is 22.9 Å². The number of fused-ring (bicyclic) bond motifs is 1. The van der Waals surface area contributed by atoms with E-state index in [1.54, 1.807) is 16.8 Å². The third-order valence-electron chi connectivity index (χ3n) is 4.80. The molecule has 2 heterocycles. The molecule has 0 aliphatic heterocycles. The maximum absolute atomic E-state index is 12.6. The lowest BCUT2D eigenvalue weighted by atomic mass is 10.1. The first-order valence-electron chi connectivity index (χ1n) is 9.35. The quantitative estimate of drug-likeness (QED) is 0.445. The highest BCUT2D eigenvalue weighted by Crippen LogP contribution is 2.34. The number of nitrogens with zero attached hydrogens (tertiary/aromatic N) is 2. The Bertz CT molecular complexity index is 1360. The van der Waals surface area contributed by atoms with Crippen molar-refractivity contribution >= 4 is 49.1 Å². The molecule has 0 unspecified atom stereocenters. The van der Waals surface area contributed by atoms with E-state index >= 15 is 0 Å². The molecule has 10 heteroatoms. The van der Waals surface area contributed by atoms with Crippen molar-refractivity contribution in [3.05, 3.63) is 70.1 Å². The van der Waals surface area contributed by atoms with E-state index in [-0.39, 0.29) is 10.8 Å². The Morgan fingerprint density at radius 1 is 1.16 bits per heavy atom. The number of sulfonamides is 1. The fourth-order valence-electron chi connectivity index (χ4n) is 3.23. The maximum Gasteiger partial charge on any atom is 0.261 e. The van der Waals surface area contributed by atoms with Crippen LogP contribution in [0.5, 0.6) is 0 Å². The molecule has 160 valence electrons. The van der Waals surface area contributed by atoms with Crippen molar-refractivity contribution in [3.63, 3.8) is 0 Å². The molecule has 1 amide bonds. The zero-order chi connectivity index (χ0) is 22.2. The molecule has 4 rings (SSSR count). The lowest BCUT2D eigenvalue weighted by Crippen LogP contribution is -2.24. The summed E-state index contributed by atoms with van der Waals surface area (Å²) < 4.78 is 24.4. The zero-order valence-electron chi connectivity index (χ0n) is 16.5. The van der Waals surface area contributed by atoms with Crippen LogP contribution in [0.1, 0.15) is 15.2 Å². The number of aromatic nitrogens is 2. The average molecular weight is 475 g/mol. The molecule has 31 heavy (non-hydrogen) atoms. The van der Waals surface area contributed by atoms with Gasteiger partial charge >= 0.3 is 0 Å². The van der Waals surface area contributed by atoms with E-state index in [1.807, 2.05) is 37.4 Å². The van der Waals surface area contributed by atoms with Gasteiger partial charge in [0.25, 0.3) is 5.91 Å². The zero-order valence-corrected chi connectivity index (χ0v) is 18.9. The van der Waals surface area contributed by atoms with Crippen LogP contribution < -0.4 is 10.5 Å². The highest BCUT2D eigenvalue weighted by molar-refractivity contribution is 7.89. The van der Waals surface area contributed by atoms with E-state index in [1.165, 1.54) is 23.5 Å². The molecule has 2 aromatic carbocycles. The van der Waals surface area contributed by atoms with Crippen LogP contribution in [0, 0.1) is 0 Å². The van der Waals surface area contributed by atoms with Gasteiger partial charge in [-0.3, -0.25) is 9.48 Å². The SMILES string of the molecule is Cn1nc(-c2ccc(Cl)cc2)c2cc(C(=O)NCCc3ccc(S(N)(=O)=O)cc3)sc21. The number of aryl methyl sites for hydroxylation is 1. The lowest BCUT2D eigenvalue weighted by Gasteiger charge is -2.05. The average Bonchev–Trinajstić information content (AvgIpc) is 3.29. The second kappa shape index (κ2) is 8.43. The first-order chi connectivity index (χ1) is 14.7. The minimum absolute atomic E-state index is 0.0654. The molecule has 0 aliphatic carbocycles. The molecular formula is C21H19ClN4O3S2. The second-order valence-electron chi connectivity index (χ2n) is 7.00. The molecule has 3 N–H and O–H groups in total. The van der Waals surface area contributed by atoms with E-state index in [9.17, 15) is 13.2 Å². The van der Waals surface area contributed by atoms with Gasteiger partial charge in [-0.25, -0.2) is 13.6 Å². The van der Waals surface area contributed by atoms with Crippen LogP contribution in [0.15, 0.2) is 59.5 Å². The number of nitrogens with two attached hydrogens (primary N) is 1. The van der Waals surface area contributed by atoms with Gasteiger partial charge in [-0.2, -0.15) is 5.10 Å². The van der Waals surface area contributed by atoms with Gasteiger partial charge in [-0.1, -0.05) is 35.9 Å².